The minimum absolute atomic E-state index is 0.817. The summed E-state index contributed by atoms with van der Waals surface area (Å²) in [5, 5.41) is 8.34. The summed E-state index contributed by atoms with van der Waals surface area (Å²) in [6, 6.07) is 8.08. The van der Waals surface area contributed by atoms with Gasteiger partial charge in [-0.2, -0.15) is 0 Å². The van der Waals surface area contributed by atoms with Gasteiger partial charge in [0.2, 0.25) is 0 Å². The van der Waals surface area contributed by atoms with Crippen LogP contribution >= 0.6 is 50.8 Å². The molecule has 0 aliphatic carbocycles. The summed E-state index contributed by atoms with van der Waals surface area (Å²) in [4.78, 5) is 0. The fourth-order valence-corrected chi connectivity index (χ4v) is 4.39. The third-order valence-electron chi connectivity index (χ3n) is 2.26. The number of aromatic nitrogens is 2. The summed E-state index contributed by atoms with van der Waals surface area (Å²) in [7, 11) is 1.67. The minimum Gasteiger partial charge on any atom is -0.497 e. The number of methoxy groups -OCH3 is 1. The van der Waals surface area contributed by atoms with Gasteiger partial charge in [-0.1, -0.05) is 69.5 Å². The molecule has 2 aromatic rings. The zero-order valence-electron chi connectivity index (χ0n) is 10.8. The van der Waals surface area contributed by atoms with Crippen LogP contribution in [0.4, 0.5) is 0 Å². The first kappa shape index (κ1) is 15.9. The number of hydrogen-bond acceptors (Lipinski definition) is 6. The number of nitrogens with zero attached hydrogens (tertiary/aromatic N) is 2. The van der Waals surface area contributed by atoms with Crippen molar-refractivity contribution in [1.29, 1.82) is 0 Å². The van der Waals surface area contributed by atoms with Crippen LogP contribution in [0.2, 0.25) is 0 Å². The van der Waals surface area contributed by atoms with Gasteiger partial charge in [0.25, 0.3) is 0 Å². The largest absolute Gasteiger partial charge is 0.497 e. The third-order valence-corrected chi connectivity index (χ3v) is 6.26. The van der Waals surface area contributed by atoms with Crippen LogP contribution in [0.1, 0.15) is 5.56 Å². The topological polar surface area (TPSA) is 35.0 Å². The van der Waals surface area contributed by atoms with Crippen molar-refractivity contribution in [1.82, 2.24) is 10.2 Å². The first-order valence-electron chi connectivity index (χ1n) is 5.72. The smallest absolute Gasteiger partial charge is 0.175 e. The summed E-state index contributed by atoms with van der Waals surface area (Å²) in [5.41, 5.74) is 1.24. The van der Waals surface area contributed by atoms with Gasteiger partial charge in [-0.3, -0.25) is 0 Å². The molecule has 20 heavy (non-hydrogen) atoms. The first-order chi connectivity index (χ1) is 9.67. The predicted octanol–water partition coefficient (Wildman–Crippen LogP) is 4.84. The maximum atomic E-state index is 5.14. The molecule has 0 fully saturated rings. The summed E-state index contributed by atoms with van der Waals surface area (Å²) in [6.07, 6.45) is 0. The average Bonchev–Trinajstić information content (AvgIpc) is 2.91. The van der Waals surface area contributed by atoms with Gasteiger partial charge in [0, 0.05) is 11.5 Å². The Labute approximate surface area is 139 Å². The predicted molar refractivity (Wildman–Crippen MR) is 91.3 cm³/mol. The number of hydrogen-bond donors (Lipinski definition) is 0. The number of rotatable bonds is 7. The molecule has 0 radical (unpaired) electrons. The van der Waals surface area contributed by atoms with Gasteiger partial charge < -0.3 is 4.74 Å². The van der Waals surface area contributed by atoms with Crippen molar-refractivity contribution in [2.24, 2.45) is 0 Å². The average molecular weight is 389 g/mol. The lowest BCUT2D eigenvalue weighted by Crippen LogP contribution is -1.84. The van der Waals surface area contributed by atoms with Crippen LogP contribution < -0.4 is 4.74 Å². The molecule has 1 aromatic carbocycles. The normalized spacial score (nSPS) is 10.5. The Bertz CT molecular complexity index is 571. The molecule has 0 spiro atoms. The van der Waals surface area contributed by atoms with Crippen LogP contribution in [0.25, 0.3) is 0 Å². The van der Waals surface area contributed by atoms with Crippen molar-refractivity contribution in [3.63, 3.8) is 0 Å². The van der Waals surface area contributed by atoms with E-state index in [2.05, 4.69) is 44.8 Å². The standard InChI is InChI=1S/C13H13BrN2OS3/c1-9(14)7-18-12-15-16-13(20-12)19-8-10-3-5-11(17-2)6-4-10/h3-6H,1,7-8H2,2H3. The SMILES string of the molecule is C=C(Br)CSc1nnc(SCc2ccc(OC)cc2)s1. The van der Waals surface area contributed by atoms with Crippen LogP contribution in [-0.4, -0.2) is 23.1 Å². The van der Waals surface area contributed by atoms with Gasteiger partial charge in [0.15, 0.2) is 8.68 Å². The van der Waals surface area contributed by atoms with Gasteiger partial charge in [-0.05, 0) is 22.2 Å². The molecular formula is C13H13BrN2OS3. The van der Waals surface area contributed by atoms with E-state index in [-0.39, 0.29) is 0 Å². The highest BCUT2D eigenvalue weighted by Crippen LogP contribution is 2.32. The van der Waals surface area contributed by atoms with Gasteiger partial charge >= 0.3 is 0 Å². The molecule has 0 atom stereocenters. The Morgan fingerprint density at radius 1 is 1.25 bits per heavy atom. The van der Waals surface area contributed by atoms with Crippen LogP contribution in [0.3, 0.4) is 0 Å². The number of halogens is 1. The van der Waals surface area contributed by atoms with Crippen LogP contribution in [-0.2, 0) is 5.75 Å². The van der Waals surface area contributed by atoms with Gasteiger partial charge in [-0.15, -0.1) is 10.2 Å². The second-order valence-corrected chi connectivity index (χ2v) is 8.32. The Kier molecular flexibility index (Phi) is 6.41. The molecular weight excluding hydrogens is 376 g/mol. The zero-order valence-corrected chi connectivity index (χ0v) is 14.9. The maximum Gasteiger partial charge on any atom is 0.175 e. The molecule has 1 aromatic heterocycles. The van der Waals surface area contributed by atoms with E-state index in [0.717, 1.165) is 30.4 Å². The van der Waals surface area contributed by atoms with Crippen molar-refractivity contribution in [3.05, 3.63) is 40.9 Å². The number of thioether (sulfide) groups is 2. The van der Waals surface area contributed by atoms with E-state index in [9.17, 15) is 0 Å². The van der Waals surface area contributed by atoms with E-state index in [0.29, 0.717) is 0 Å². The van der Waals surface area contributed by atoms with Crippen molar-refractivity contribution in [2.75, 3.05) is 12.9 Å². The molecule has 3 nitrogen and oxygen atoms in total. The van der Waals surface area contributed by atoms with E-state index in [1.54, 1.807) is 42.0 Å². The molecule has 7 heteroatoms. The van der Waals surface area contributed by atoms with E-state index in [1.807, 2.05) is 12.1 Å². The van der Waals surface area contributed by atoms with Crippen LogP contribution in [0.5, 0.6) is 5.75 Å². The minimum atomic E-state index is 0.817. The van der Waals surface area contributed by atoms with Crippen molar-refractivity contribution in [2.45, 2.75) is 14.4 Å². The van der Waals surface area contributed by atoms with Crippen LogP contribution in [0, 0.1) is 0 Å². The highest BCUT2D eigenvalue weighted by molar-refractivity contribution is 9.11. The van der Waals surface area contributed by atoms with Gasteiger partial charge in [0.1, 0.15) is 5.75 Å². The molecule has 1 heterocycles. The molecule has 0 bridgehead atoms. The zero-order chi connectivity index (χ0) is 14.4. The fourth-order valence-electron chi connectivity index (χ4n) is 1.32. The van der Waals surface area contributed by atoms with Gasteiger partial charge in [0.05, 0.1) is 7.11 Å². The van der Waals surface area contributed by atoms with Crippen molar-refractivity contribution in [3.8, 4) is 5.75 Å². The summed E-state index contributed by atoms with van der Waals surface area (Å²) < 4.78 is 8.07. The first-order valence-corrected chi connectivity index (χ1v) is 9.31. The highest BCUT2D eigenvalue weighted by Gasteiger charge is 2.06. The van der Waals surface area contributed by atoms with Crippen molar-refractivity contribution >= 4 is 50.8 Å². The molecule has 2 rings (SSSR count). The number of ether oxygens (including phenoxy) is 1. The molecule has 0 saturated heterocycles. The Morgan fingerprint density at radius 3 is 2.50 bits per heavy atom. The molecule has 0 N–H and O–H groups in total. The van der Waals surface area contributed by atoms with E-state index >= 15 is 0 Å². The summed E-state index contributed by atoms with van der Waals surface area (Å²) in [5.74, 6) is 2.58. The van der Waals surface area contributed by atoms with E-state index < -0.39 is 0 Å². The number of benzene rings is 1. The van der Waals surface area contributed by atoms with E-state index in [4.69, 9.17) is 4.74 Å². The molecule has 0 amide bonds. The van der Waals surface area contributed by atoms with E-state index in [1.165, 1.54) is 5.56 Å². The summed E-state index contributed by atoms with van der Waals surface area (Å²) >= 11 is 8.30. The lowest BCUT2D eigenvalue weighted by atomic mass is 10.2. The Morgan fingerprint density at radius 2 is 1.90 bits per heavy atom. The molecule has 106 valence electrons. The monoisotopic (exact) mass is 388 g/mol. The maximum absolute atomic E-state index is 5.14. The second-order valence-electron chi connectivity index (χ2n) is 3.78. The highest BCUT2D eigenvalue weighted by atomic mass is 79.9. The Hall–Kier alpha value is -0.500. The van der Waals surface area contributed by atoms with Crippen LogP contribution in [0.15, 0.2) is 44.0 Å². The Balaban J connectivity index is 1.85. The fraction of sp³-hybridized carbons (Fsp3) is 0.231. The third kappa shape index (κ3) is 5.12. The molecule has 0 saturated carbocycles. The lowest BCUT2D eigenvalue weighted by Gasteiger charge is -2.01. The second kappa shape index (κ2) is 8.07. The quantitative estimate of drug-likeness (QED) is 0.633. The molecule has 0 aliphatic heterocycles. The molecule has 0 unspecified atom stereocenters. The van der Waals surface area contributed by atoms with Crippen molar-refractivity contribution < 1.29 is 4.74 Å². The summed E-state index contributed by atoms with van der Waals surface area (Å²) in [6.45, 7) is 3.80. The lowest BCUT2D eigenvalue weighted by molar-refractivity contribution is 0.414. The van der Waals surface area contributed by atoms with Gasteiger partial charge in [-0.25, -0.2) is 0 Å². The molecule has 0 aliphatic rings.